The maximum absolute atomic E-state index is 10.2. The molecule has 0 saturated heterocycles. The van der Waals surface area contributed by atoms with Crippen molar-refractivity contribution in [2.45, 2.75) is 35.4 Å². The molecular weight excluding hydrogens is 220 g/mol. The first-order valence-electron chi connectivity index (χ1n) is 4.19. The monoisotopic (exact) mass is 230 g/mol. The number of rotatable bonds is 2. The number of nitrogens with zero attached hydrogens (tertiary/aromatic N) is 2. The van der Waals surface area contributed by atoms with Crippen molar-refractivity contribution in [3.8, 4) is 0 Å². The number of aliphatic imine (C=N–C) groups is 2. The molecule has 14 heavy (non-hydrogen) atoms. The van der Waals surface area contributed by atoms with E-state index in [1.807, 2.05) is 0 Å². The summed E-state index contributed by atoms with van der Waals surface area (Å²) in [6.07, 6.45) is 4.86. The molecule has 0 aliphatic heterocycles. The fraction of sp³-hybridized carbons (Fsp3) is 0.750. The molecule has 0 aromatic rings. The first-order chi connectivity index (χ1) is 6.60. The smallest absolute Gasteiger partial charge is 0.211 e. The molecule has 76 valence electrons. The third-order valence-electron chi connectivity index (χ3n) is 2.32. The van der Waals surface area contributed by atoms with Gasteiger partial charge < -0.3 is 0 Å². The minimum atomic E-state index is -0.605. The number of thiol groups is 2. The Morgan fingerprint density at radius 2 is 1.86 bits per heavy atom. The van der Waals surface area contributed by atoms with Crippen LogP contribution in [0.15, 0.2) is 9.98 Å². The van der Waals surface area contributed by atoms with E-state index in [9.17, 15) is 9.59 Å². The van der Waals surface area contributed by atoms with Crippen LogP contribution in [0.4, 0.5) is 0 Å². The summed E-state index contributed by atoms with van der Waals surface area (Å²) in [7, 11) is 0. The summed E-state index contributed by atoms with van der Waals surface area (Å²) in [5.41, 5.74) is 0. The lowest BCUT2D eigenvalue weighted by Gasteiger charge is -2.35. The van der Waals surface area contributed by atoms with Crippen LogP contribution in [-0.2, 0) is 9.59 Å². The molecule has 0 N–H and O–H groups in total. The summed E-state index contributed by atoms with van der Waals surface area (Å²) in [4.78, 5) is 27.5. The summed E-state index contributed by atoms with van der Waals surface area (Å²) in [6, 6.07) is -0.468. The second-order valence-electron chi connectivity index (χ2n) is 3.26. The predicted octanol–water partition coefficient (Wildman–Crippen LogP) is 1.14. The van der Waals surface area contributed by atoms with Crippen LogP contribution in [0.3, 0.4) is 0 Å². The molecule has 0 bridgehead atoms. The highest BCUT2D eigenvalue weighted by atomic mass is 32.2. The van der Waals surface area contributed by atoms with Crippen LogP contribution < -0.4 is 0 Å². The van der Waals surface area contributed by atoms with Crippen LogP contribution in [0.1, 0.15) is 19.3 Å². The molecule has 6 heteroatoms. The van der Waals surface area contributed by atoms with Crippen LogP contribution in [0.5, 0.6) is 0 Å². The molecule has 0 aromatic heterocycles. The van der Waals surface area contributed by atoms with Crippen molar-refractivity contribution in [2.24, 2.45) is 9.98 Å². The Kier molecular flexibility index (Phi) is 3.96. The Morgan fingerprint density at radius 1 is 1.21 bits per heavy atom. The third-order valence-corrected chi connectivity index (χ3v) is 3.36. The number of isocyanates is 2. The molecule has 0 radical (unpaired) electrons. The molecule has 0 aromatic carbocycles. The maximum Gasteiger partial charge on any atom is 0.235 e. The van der Waals surface area contributed by atoms with Crippen molar-refractivity contribution in [1.29, 1.82) is 0 Å². The van der Waals surface area contributed by atoms with E-state index in [0.29, 0.717) is 19.3 Å². The maximum atomic E-state index is 10.2. The molecule has 0 amide bonds. The summed E-state index contributed by atoms with van der Waals surface area (Å²) in [5, 5.41) is 0. The molecule has 4 nitrogen and oxygen atoms in total. The first-order valence-corrected chi connectivity index (χ1v) is 5.08. The van der Waals surface area contributed by atoms with Crippen molar-refractivity contribution < 1.29 is 9.59 Å². The van der Waals surface area contributed by atoms with Gasteiger partial charge in [0, 0.05) is 0 Å². The average Bonchev–Trinajstić information content (AvgIpc) is 2.12. The van der Waals surface area contributed by atoms with Crippen LogP contribution in [-0.4, -0.2) is 28.3 Å². The SMILES string of the molecule is O=C=NC1CCC(S)(S)C(N=C=O)C1. The first kappa shape index (κ1) is 11.5. The van der Waals surface area contributed by atoms with Crippen LogP contribution in [0.2, 0.25) is 0 Å². The Hall–Kier alpha value is -0.540. The number of hydrogen-bond acceptors (Lipinski definition) is 6. The van der Waals surface area contributed by atoms with Crippen molar-refractivity contribution in [1.82, 2.24) is 0 Å². The Morgan fingerprint density at radius 3 is 2.43 bits per heavy atom. The molecule has 1 fully saturated rings. The Bertz CT molecular complexity index is 306. The quantitative estimate of drug-likeness (QED) is 0.323. The lowest BCUT2D eigenvalue weighted by Crippen LogP contribution is -2.38. The zero-order valence-electron chi connectivity index (χ0n) is 7.38. The van der Waals surface area contributed by atoms with E-state index in [0.717, 1.165) is 0 Å². The molecule has 0 heterocycles. The second-order valence-corrected chi connectivity index (χ2v) is 5.21. The van der Waals surface area contributed by atoms with Gasteiger partial charge in [-0.05, 0) is 19.3 Å². The van der Waals surface area contributed by atoms with Crippen molar-refractivity contribution in [3.05, 3.63) is 0 Å². The summed E-state index contributed by atoms with van der Waals surface area (Å²) in [5.74, 6) is 0. The van der Waals surface area contributed by atoms with Gasteiger partial charge in [-0.25, -0.2) is 19.6 Å². The minimum absolute atomic E-state index is 0.123. The van der Waals surface area contributed by atoms with E-state index in [-0.39, 0.29) is 12.1 Å². The van der Waals surface area contributed by atoms with Gasteiger partial charge in [-0.2, -0.15) is 25.3 Å². The van der Waals surface area contributed by atoms with Gasteiger partial charge in [0.05, 0.1) is 16.2 Å². The zero-order valence-corrected chi connectivity index (χ0v) is 9.17. The Balaban J connectivity index is 2.76. The largest absolute Gasteiger partial charge is 0.235 e. The van der Waals surface area contributed by atoms with Crippen LogP contribution in [0, 0.1) is 0 Å². The summed E-state index contributed by atoms with van der Waals surface area (Å²) in [6.45, 7) is 0. The van der Waals surface area contributed by atoms with Crippen LogP contribution >= 0.6 is 25.3 Å². The Labute approximate surface area is 92.7 Å². The zero-order chi connectivity index (χ0) is 10.6. The molecule has 0 spiro atoms. The van der Waals surface area contributed by atoms with Gasteiger partial charge in [0.2, 0.25) is 12.2 Å². The average molecular weight is 230 g/mol. The predicted molar refractivity (Wildman–Crippen MR) is 58.4 cm³/mol. The van der Waals surface area contributed by atoms with E-state index in [1.165, 1.54) is 12.2 Å². The third kappa shape index (κ3) is 2.72. The van der Waals surface area contributed by atoms with E-state index in [1.54, 1.807) is 0 Å². The van der Waals surface area contributed by atoms with Gasteiger partial charge in [-0.1, -0.05) is 0 Å². The highest BCUT2D eigenvalue weighted by Crippen LogP contribution is 2.39. The standard InChI is InChI=1S/C8H10N2O2S2/c11-4-9-6-1-2-8(13,14)7(3-6)10-5-12/h6-7,13-14H,1-3H2. The van der Waals surface area contributed by atoms with Crippen LogP contribution in [0.25, 0.3) is 0 Å². The lowest BCUT2D eigenvalue weighted by molar-refractivity contribution is 0.386. The van der Waals surface area contributed by atoms with Gasteiger partial charge in [0.25, 0.3) is 0 Å². The molecule has 1 rings (SSSR count). The minimum Gasteiger partial charge on any atom is -0.211 e. The van der Waals surface area contributed by atoms with Crippen molar-refractivity contribution in [2.75, 3.05) is 0 Å². The molecule has 1 aliphatic carbocycles. The number of hydrogen-bond donors (Lipinski definition) is 2. The fourth-order valence-electron chi connectivity index (χ4n) is 1.52. The highest BCUT2D eigenvalue weighted by molar-refractivity contribution is 8.00. The molecular formula is C8H10N2O2S2. The normalized spacial score (nSPS) is 29.9. The van der Waals surface area contributed by atoms with E-state index in [2.05, 4.69) is 35.2 Å². The van der Waals surface area contributed by atoms with Crippen molar-refractivity contribution in [3.63, 3.8) is 0 Å². The molecule has 2 unspecified atom stereocenters. The topological polar surface area (TPSA) is 58.9 Å². The molecule has 2 atom stereocenters. The van der Waals surface area contributed by atoms with Gasteiger partial charge >= 0.3 is 0 Å². The second kappa shape index (κ2) is 4.80. The highest BCUT2D eigenvalue weighted by Gasteiger charge is 2.38. The molecule has 1 saturated carbocycles. The molecule has 1 aliphatic rings. The summed E-state index contributed by atoms with van der Waals surface area (Å²) >= 11 is 8.61. The van der Waals surface area contributed by atoms with Gasteiger partial charge in [0.15, 0.2) is 0 Å². The van der Waals surface area contributed by atoms with E-state index >= 15 is 0 Å². The van der Waals surface area contributed by atoms with Gasteiger partial charge in [-0.15, -0.1) is 0 Å². The summed E-state index contributed by atoms with van der Waals surface area (Å²) < 4.78 is -0.605. The lowest BCUT2D eigenvalue weighted by atomic mass is 9.90. The van der Waals surface area contributed by atoms with Crippen molar-refractivity contribution >= 4 is 37.4 Å². The number of carbonyl (C=O) groups excluding carboxylic acids is 2. The van der Waals surface area contributed by atoms with Gasteiger partial charge in [0.1, 0.15) is 0 Å². The van der Waals surface area contributed by atoms with Gasteiger partial charge in [-0.3, -0.25) is 0 Å². The fourth-order valence-corrected chi connectivity index (χ4v) is 2.11. The van der Waals surface area contributed by atoms with E-state index < -0.39 is 4.08 Å². The van der Waals surface area contributed by atoms with E-state index in [4.69, 9.17) is 0 Å².